The van der Waals surface area contributed by atoms with E-state index in [0.29, 0.717) is 11.5 Å². The number of rotatable bonds is 3. The topological polar surface area (TPSA) is 63.3 Å². The van der Waals surface area contributed by atoms with Crippen LogP contribution in [0.2, 0.25) is 0 Å². The second kappa shape index (κ2) is 5.87. The fourth-order valence-corrected chi connectivity index (χ4v) is 2.65. The normalized spacial score (nSPS) is 10.9. The van der Waals surface area contributed by atoms with Crippen LogP contribution < -0.4 is 0 Å². The number of carboxylic acid groups (broad SMARTS) is 1. The Bertz CT molecular complexity index is 1070. The van der Waals surface area contributed by atoms with E-state index in [9.17, 15) is 9.18 Å². The van der Waals surface area contributed by atoms with Gasteiger partial charge < -0.3 is 9.52 Å². The fraction of sp³-hybridized carbons (Fsp3) is 0. The quantitative estimate of drug-likeness (QED) is 0.573. The number of aromatic nitrogens is 1. The number of halogens is 1. The zero-order chi connectivity index (χ0) is 17.4. The van der Waals surface area contributed by atoms with Gasteiger partial charge in [-0.05, 0) is 54.1 Å². The predicted octanol–water partition coefficient (Wildman–Crippen LogP) is 5.00. The first-order chi connectivity index (χ1) is 12.1. The Kier molecular flexibility index (Phi) is 3.54. The van der Waals surface area contributed by atoms with Crippen LogP contribution in [0.5, 0.6) is 0 Å². The van der Waals surface area contributed by atoms with Crippen LogP contribution in [0.4, 0.5) is 4.39 Å². The third kappa shape index (κ3) is 2.87. The van der Waals surface area contributed by atoms with Crippen LogP contribution in [0.1, 0.15) is 10.4 Å². The summed E-state index contributed by atoms with van der Waals surface area (Å²) in [6.45, 7) is 0. The summed E-state index contributed by atoms with van der Waals surface area (Å²) in [5.41, 5.74) is 3.22. The van der Waals surface area contributed by atoms with Crippen molar-refractivity contribution in [3.8, 4) is 22.5 Å². The van der Waals surface area contributed by atoms with Crippen molar-refractivity contribution in [2.45, 2.75) is 0 Å². The molecule has 0 aliphatic carbocycles. The summed E-state index contributed by atoms with van der Waals surface area (Å²) in [5, 5.41) is 9.79. The van der Waals surface area contributed by atoms with Gasteiger partial charge in [0.05, 0.1) is 5.56 Å². The Labute approximate surface area is 142 Å². The molecule has 1 N–H and O–H groups in total. The molecule has 0 radical (unpaired) electrons. The molecule has 25 heavy (non-hydrogen) atoms. The summed E-state index contributed by atoms with van der Waals surface area (Å²) in [6.07, 6.45) is 1.68. The van der Waals surface area contributed by atoms with Gasteiger partial charge in [-0.25, -0.2) is 14.2 Å². The standard InChI is InChI=1S/C20H12FNO3/c21-17-7-5-13(6-8-17)18-10-15-9-16(11-22-19(15)25-18)12-1-3-14(4-2-12)20(23)24/h1-11H,(H,23,24). The average Bonchev–Trinajstić information content (AvgIpc) is 3.05. The number of carboxylic acids is 1. The van der Waals surface area contributed by atoms with Gasteiger partial charge in [0.25, 0.3) is 0 Å². The molecule has 0 aliphatic rings. The monoisotopic (exact) mass is 333 g/mol. The summed E-state index contributed by atoms with van der Waals surface area (Å²) in [6, 6.07) is 16.4. The number of pyridine rings is 1. The highest BCUT2D eigenvalue weighted by Crippen LogP contribution is 2.30. The molecule has 0 atom stereocenters. The Balaban J connectivity index is 1.72. The fourth-order valence-electron chi connectivity index (χ4n) is 2.65. The molecule has 0 aliphatic heterocycles. The molecule has 0 unspecified atom stereocenters. The van der Waals surface area contributed by atoms with Gasteiger partial charge in [0.2, 0.25) is 5.71 Å². The van der Waals surface area contributed by atoms with Crippen molar-refractivity contribution in [3.63, 3.8) is 0 Å². The van der Waals surface area contributed by atoms with E-state index >= 15 is 0 Å². The smallest absolute Gasteiger partial charge is 0.335 e. The molecular formula is C20H12FNO3. The van der Waals surface area contributed by atoms with Crippen LogP contribution in [-0.4, -0.2) is 16.1 Å². The number of carbonyl (C=O) groups is 1. The molecule has 4 nitrogen and oxygen atoms in total. The first kappa shape index (κ1) is 15.1. The molecule has 4 aromatic rings. The van der Waals surface area contributed by atoms with E-state index in [1.165, 1.54) is 12.1 Å². The van der Waals surface area contributed by atoms with E-state index in [1.54, 1.807) is 42.6 Å². The maximum Gasteiger partial charge on any atom is 0.335 e. The molecule has 4 rings (SSSR count). The van der Waals surface area contributed by atoms with Crippen LogP contribution in [0.3, 0.4) is 0 Å². The Morgan fingerprint density at radius 1 is 0.920 bits per heavy atom. The molecule has 0 bridgehead atoms. The SMILES string of the molecule is O=C(O)c1ccc(-c2cnc3oc(-c4ccc(F)cc4)cc3c2)cc1. The molecule has 0 fully saturated rings. The van der Waals surface area contributed by atoms with Gasteiger partial charge in [0.15, 0.2) is 0 Å². The number of nitrogens with zero attached hydrogens (tertiary/aromatic N) is 1. The van der Waals surface area contributed by atoms with Gasteiger partial charge >= 0.3 is 5.97 Å². The second-order valence-corrected chi connectivity index (χ2v) is 5.62. The predicted molar refractivity (Wildman–Crippen MR) is 91.8 cm³/mol. The number of furan rings is 1. The van der Waals surface area contributed by atoms with Crippen LogP contribution in [0.25, 0.3) is 33.6 Å². The van der Waals surface area contributed by atoms with Crippen molar-refractivity contribution >= 4 is 17.1 Å². The largest absolute Gasteiger partial charge is 0.478 e. The zero-order valence-corrected chi connectivity index (χ0v) is 12.9. The number of hydrogen-bond donors (Lipinski definition) is 1. The highest BCUT2D eigenvalue weighted by molar-refractivity contribution is 5.89. The van der Waals surface area contributed by atoms with Crippen molar-refractivity contribution in [2.24, 2.45) is 0 Å². The lowest BCUT2D eigenvalue weighted by atomic mass is 10.0. The summed E-state index contributed by atoms with van der Waals surface area (Å²) in [7, 11) is 0. The summed E-state index contributed by atoms with van der Waals surface area (Å²) < 4.78 is 18.8. The molecule has 2 aromatic carbocycles. The lowest BCUT2D eigenvalue weighted by molar-refractivity contribution is 0.0697. The summed E-state index contributed by atoms with van der Waals surface area (Å²) in [5.74, 6) is -0.648. The molecule has 2 heterocycles. The number of fused-ring (bicyclic) bond motifs is 1. The molecule has 0 spiro atoms. The molecule has 2 aromatic heterocycles. The van der Waals surface area contributed by atoms with Crippen molar-refractivity contribution in [2.75, 3.05) is 0 Å². The van der Waals surface area contributed by atoms with E-state index in [4.69, 9.17) is 9.52 Å². The Morgan fingerprint density at radius 3 is 2.28 bits per heavy atom. The van der Waals surface area contributed by atoms with E-state index in [2.05, 4.69) is 4.98 Å². The summed E-state index contributed by atoms with van der Waals surface area (Å²) >= 11 is 0. The van der Waals surface area contributed by atoms with E-state index in [-0.39, 0.29) is 11.4 Å². The third-order valence-electron chi connectivity index (χ3n) is 3.97. The van der Waals surface area contributed by atoms with Crippen molar-refractivity contribution in [1.29, 1.82) is 0 Å². The minimum Gasteiger partial charge on any atom is -0.478 e. The Hall–Kier alpha value is -3.47. The first-order valence-corrected chi connectivity index (χ1v) is 7.59. The van der Waals surface area contributed by atoms with Crippen LogP contribution >= 0.6 is 0 Å². The van der Waals surface area contributed by atoms with Gasteiger partial charge in [-0.2, -0.15) is 0 Å². The lowest BCUT2D eigenvalue weighted by Crippen LogP contribution is -1.94. The van der Waals surface area contributed by atoms with E-state index in [0.717, 1.165) is 22.1 Å². The van der Waals surface area contributed by atoms with Gasteiger partial charge in [0, 0.05) is 22.7 Å². The molecular weight excluding hydrogens is 321 g/mol. The minimum atomic E-state index is -0.959. The first-order valence-electron chi connectivity index (χ1n) is 7.59. The van der Waals surface area contributed by atoms with Crippen LogP contribution in [0, 0.1) is 5.82 Å². The molecule has 122 valence electrons. The average molecular weight is 333 g/mol. The van der Waals surface area contributed by atoms with Crippen LogP contribution in [-0.2, 0) is 0 Å². The minimum absolute atomic E-state index is 0.236. The van der Waals surface area contributed by atoms with Crippen molar-refractivity contribution in [1.82, 2.24) is 4.98 Å². The third-order valence-corrected chi connectivity index (χ3v) is 3.97. The highest BCUT2D eigenvalue weighted by atomic mass is 19.1. The summed E-state index contributed by atoms with van der Waals surface area (Å²) in [4.78, 5) is 15.3. The second-order valence-electron chi connectivity index (χ2n) is 5.62. The van der Waals surface area contributed by atoms with Gasteiger partial charge in [-0.1, -0.05) is 12.1 Å². The number of benzene rings is 2. The van der Waals surface area contributed by atoms with Crippen molar-refractivity contribution in [3.05, 3.63) is 78.2 Å². The van der Waals surface area contributed by atoms with Gasteiger partial charge in [-0.3, -0.25) is 0 Å². The van der Waals surface area contributed by atoms with Crippen molar-refractivity contribution < 1.29 is 18.7 Å². The van der Waals surface area contributed by atoms with Gasteiger partial charge in [-0.15, -0.1) is 0 Å². The zero-order valence-electron chi connectivity index (χ0n) is 12.9. The highest BCUT2D eigenvalue weighted by Gasteiger charge is 2.10. The van der Waals surface area contributed by atoms with E-state index in [1.807, 2.05) is 12.1 Å². The molecule has 0 amide bonds. The van der Waals surface area contributed by atoms with E-state index < -0.39 is 5.97 Å². The number of hydrogen-bond acceptors (Lipinski definition) is 3. The Morgan fingerprint density at radius 2 is 1.60 bits per heavy atom. The van der Waals surface area contributed by atoms with Crippen LogP contribution in [0.15, 0.2) is 71.3 Å². The van der Waals surface area contributed by atoms with Gasteiger partial charge in [0.1, 0.15) is 11.6 Å². The molecule has 5 heteroatoms. The lowest BCUT2D eigenvalue weighted by Gasteiger charge is -2.01. The number of aromatic carboxylic acids is 1. The maximum atomic E-state index is 13.0. The maximum absolute atomic E-state index is 13.0. The molecule has 0 saturated heterocycles. The molecule has 0 saturated carbocycles.